The van der Waals surface area contributed by atoms with Gasteiger partial charge in [-0.05, 0) is 25.0 Å². The molecule has 0 unspecified atom stereocenters. The molecule has 1 aromatic carbocycles. The number of hydrogen-bond acceptors (Lipinski definition) is 2. The van der Waals surface area contributed by atoms with Crippen molar-refractivity contribution in [1.29, 1.82) is 0 Å². The summed E-state index contributed by atoms with van der Waals surface area (Å²) in [5, 5.41) is 4.88. The average molecular weight is 212 g/mol. The number of aromatic nitrogens is 1. The first kappa shape index (κ1) is 9.64. The molecule has 1 saturated carbocycles. The highest BCUT2D eigenvalue weighted by molar-refractivity contribution is 5.90. The van der Waals surface area contributed by atoms with E-state index in [0.29, 0.717) is 6.04 Å². The van der Waals surface area contributed by atoms with Crippen LogP contribution in [-0.2, 0) is 0 Å². The van der Waals surface area contributed by atoms with E-state index in [9.17, 15) is 0 Å². The van der Waals surface area contributed by atoms with Gasteiger partial charge in [-0.2, -0.15) is 0 Å². The van der Waals surface area contributed by atoms with Crippen LogP contribution in [0.5, 0.6) is 0 Å². The smallest absolute Gasteiger partial charge is 0.0722 e. The molecule has 1 fully saturated rings. The molecular weight excluding hydrogens is 196 g/mol. The summed E-state index contributed by atoms with van der Waals surface area (Å²) in [6, 6.07) is 11.1. The van der Waals surface area contributed by atoms with Crippen LogP contribution in [0.25, 0.3) is 10.9 Å². The number of pyridine rings is 1. The number of para-hydroxylation sites is 1. The van der Waals surface area contributed by atoms with Gasteiger partial charge in [-0.25, -0.2) is 0 Å². The van der Waals surface area contributed by atoms with Crippen LogP contribution in [0, 0.1) is 0 Å². The highest BCUT2D eigenvalue weighted by atomic mass is 14.9. The molecule has 0 amide bonds. The second-order valence-electron chi connectivity index (χ2n) is 4.50. The van der Waals surface area contributed by atoms with Crippen LogP contribution in [0.2, 0.25) is 0 Å². The molecule has 1 aliphatic rings. The molecule has 0 radical (unpaired) electrons. The van der Waals surface area contributed by atoms with Gasteiger partial charge in [0, 0.05) is 23.3 Å². The maximum Gasteiger partial charge on any atom is 0.0722 e. The van der Waals surface area contributed by atoms with E-state index in [0.717, 1.165) is 5.52 Å². The molecule has 82 valence electrons. The van der Waals surface area contributed by atoms with Crippen molar-refractivity contribution in [3.8, 4) is 0 Å². The molecule has 2 heteroatoms. The monoisotopic (exact) mass is 212 g/mol. The van der Waals surface area contributed by atoms with Gasteiger partial charge < -0.3 is 5.32 Å². The van der Waals surface area contributed by atoms with Crippen molar-refractivity contribution in [2.75, 3.05) is 5.32 Å². The summed E-state index contributed by atoms with van der Waals surface area (Å²) < 4.78 is 0. The maximum absolute atomic E-state index is 4.38. The third kappa shape index (κ3) is 1.75. The fourth-order valence-electron chi connectivity index (χ4n) is 2.51. The summed E-state index contributed by atoms with van der Waals surface area (Å²) in [5.74, 6) is 0. The molecule has 0 saturated heterocycles. The highest BCUT2D eigenvalue weighted by Crippen LogP contribution is 2.26. The molecule has 1 aromatic heterocycles. The minimum atomic E-state index is 0.658. The third-order valence-electron chi connectivity index (χ3n) is 3.36. The Morgan fingerprint density at radius 1 is 1.06 bits per heavy atom. The van der Waals surface area contributed by atoms with Gasteiger partial charge in [0.25, 0.3) is 0 Å². The lowest BCUT2D eigenvalue weighted by atomic mass is 10.1. The Balaban J connectivity index is 1.96. The van der Waals surface area contributed by atoms with Crippen molar-refractivity contribution in [2.24, 2.45) is 0 Å². The Hall–Kier alpha value is -1.57. The minimum Gasteiger partial charge on any atom is -0.382 e. The second kappa shape index (κ2) is 4.12. The molecule has 16 heavy (non-hydrogen) atoms. The zero-order valence-corrected chi connectivity index (χ0v) is 9.32. The van der Waals surface area contributed by atoms with Crippen LogP contribution in [0.3, 0.4) is 0 Å². The lowest BCUT2D eigenvalue weighted by Crippen LogP contribution is -2.14. The Kier molecular flexibility index (Phi) is 2.49. The largest absolute Gasteiger partial charge is 0.382 e. The zero-order chi connectivity index (χ0) is 10.8. The molecule has 1 aliphatic carbocycles. The summed E-state index contributed by atoms with van der Waals surface area (Å²) in [5.41, 5.74) is 2.31. The number of hydrogen-bond donors (Lipinski definition) is 1. The highest BCUT2D eigenvalue weighted by Gasteiger charge is 2.15. The summed E-state index contributed by atoms with van der Waals surface area (Å²) >= 11 is 0. The standard InChI is InChI=1S/C14H16N2/c1-2-6-11(5-1)16-14-9-10-15-13-8-4-3-7-12(13)14/h3-4,7-11H,1-2,5-6H2,(H,15,16). The van der Waals surface area contributed by atoms with Gasteiger partial charge in [0.2, 0.25) is 0 Å². The van der Waals surface area contributed by atoms with Crippen molar-refractivity contribution in [1.82, 2.24) is 4.98 Å². The normalized spacial score (nSPS) is 16.8. The number of fused-ring (bicyclic) bond motifs is 1. The van der Waals surface area contributed by atoms with E-state index < -0.39 is 0 Å². The van der Waals surface area contributed by atoms with E-state index in [4.69, 9.17) is 0 Å². The first-order valence-corrected chi connectivity index (χ1v) is 6.04. The summed E-state index contributed by atoms with van der Waals surface area (Å²) in [6.45, 7) is 0. The molecule has 0 aliphatic heterocycles. The fraction of sp³-hybridized carbons (Fsp3) is 0.357. The van der Waals surface area contributed by atoms with Gasteiger partial charge in [0.15, 0.2) is 0 Å². The Bertz CT molecular complexity index is 482. The summed E-state index contributed by atoms with van der Waals surface area (Å²) in [7, 11) is 0. The quantitative estimate of drug-likeness (QED) is 0.822. The van der Waals surface area contributed by atoms with Gasteiger partial charge in [0.1, 0.15) is 0 Å². The van der Waals surface area contributed by atoms with Crippen LogP contribution in [0.4, 0.5) is 5.69 Å². The maximum atomic E-state index is 4.38. The van der Waals surface area contributed by atoms with Crippen molar-refractivity contribution in [2.45, 2.75) is 31.7 Å². The predicted octanol–water partition coefficient (Wildman–Crippen LogP) is 3.59. The number of nitrogens with one attached hydrogen (secondary N) is 1. The third-order valence-corrected chi connectivity index (χ3v) is 3.36. The van der Waals surface area contributed by atoms with Gasteiger partial charge in [0.05, 0.1) is 5.52 Å². The lowest BCUT2D eigenvalue weighted by Gasteiger charge is -2.15. The van der Waals surface area contributed by atoms with Gasteiger partial charge in [-0.3, -0.25) is 4.98 Å². The Morgan fingerprint density at radius 2 is 1.88 bits per heavy atom. The molecule has 0 spiro atoms. The van der Waals surface area contributed by atoms with Crippen molar-refractivity contribution in [3.05, 3.63) is 36.5 Å². The topological polar surface area (TPSA) is 24.9 Å². The lowest BCUT2D eigenvalue weighted by molar-refractivity contribution is 0.756. The van der Waals surface area contributed by atoms with Crippen molar-refractivity contribution >= 4 is 16.6 Å². The van der Waals surface area contributed by atoms with Gasteiger partial charge >= 0.3 is 0 Å². The molecule has 0 atom stereocenters. The number of anilines is 1. The van der Waals surface area contributed by atoms with Crippen LogP contribution < -0.4 is 5.32 Å². The SMILES string of the molecule is c1ccc2c(NC3CCCC3)ccnc2c1. The number of nitrogens with zero attached hydrogens (tertiary/aromatic N) is 1. The van der Waals surface area contributed by atoms with Gasteiger partial charge in [-0.1, -0.05) is 31.0 Å². The van der Waals surface area contributed by atoms with Crippen molar-refractivity contribution < 1.29 is 0 Å². The van der Waals surface area contributed by atoms with E-state index in [1.54, 1.807) is 0 Å². The molecule has 1 heterocycles. The first-order valence-electron chi connectivity index (χ1n) is 6.04. The van der Waals surface area contributed by atoms with E-state index in [1.807, 2.05) is 12.3 Å². The minimum absolute atomic E-state index is 0.658. The first-order chi connectivity index (χ1) is 7.93. The van der Waals surface area contributed by atoms with Crippen LogP contribution >= 0.6 is 0 Å². The van der Waals surface area contributed by atoms with Crippen molar-refractivity contribution in [3.63, 3.8) is 0 Å². The summed E-state index contributed by atoms with van der Waals surface area (Å²) in [4.78, 5) is 4.38. The molecular formula is C14H16N2. The van der Waals surface area contributed by atoms with Crippen LogP contribution in [-0.4, -0.2) is 11.0 Å². The molecule has 0 bridgehead atoms. The predicted molar refractivity (Wildman–Crippen MR) is 67.6 cm³/mol. The number of benzene rings is 1. The Labute approximate surface area is 95.7 Å². The fourth-order valence-corrected chi connectivity index (χ4v) is 2.51. The van der Waals surface area contributed by atoms with E-state index in [2.05, 4.69) is 34.6 Å². The van der Waals surface area contributed by atoms with E-state index >= 15 is 0 Å². The molecule has 1 N–H and O–H groups in total. The Morgan fingerprint density at radius 3 is 2.75 bits per heavy atom. The summed E-state index contributed by atoms with van der Waals surface area (Å²) in [6.07, 6.45) is 7.22. The second-order valence-corrected chi connectivity index (χ2v) is 4.50. The zero-order valence-electron chi connectivity index (χ0n) is 9.32. The van der Waals surface area contributed by atoms with Crippen LogP contribution in [0.1, 0.15) is 25.7 Å². The van der Waals surface area contributed by atoms with E-state index in [1.165, 1.54) is 36.8 Å². The van der Waals surface area contributed by atoms with Crippen LogP contribution in [0.15, 0.2) is 36.5 Å². The average Bonchev–Trinajstić information content (AvgIpc) is 2.82. The molecule has 2 nitrogen and oxygen atoms in total. The number of rotatable bonds is 2. The molecule has 3 rings (SSSR count). The van der Waals surface area contributed by atoms with Gasteiger partial charge in [-0.15, -0.1) is 0 Å². The molecule has 2 aromatic rings. The van der Waals surface area contributed by atoms with E-state index in [-0.39, 0.29) is 0 Å².